The van der Waals surface area contributed by atoms with Crippen molar-refractivity contribution in [2.75, 3.05) is 44.1 Å². The van der Waals surface area contributed by atoms with Crippen molar-refractivity contribution in [2.24, 2.45) is 0 Å². The number of carboxylic acids is 1. The number of anilines is 2. The third-order valence-electron chi connectivity index (χ3n) is 4.72. The normalized spacial score (nSPS) is 16.6. The lowest BCUT2D eigenvalue weighted by atomic mass is 9.95. The van der Waals surface area contributed by atoms with Gasteiger partial charge in [-0.1, -0.05) is 13.0 Å². The Labute approximate surface area is 149 Å². The fourth-order valence-electron chi connectivity index (χ4n) is 3.51. The summed E-state index contributed by atoms with van der Waals surface area (Å²) in [5.41, 5.74) is 9.00. The zero-order valence-electron chi connectivity index (χ0n) is 15.2. The molecular formula is C19H30N2O4. The van der Waals surface area contributed by atoms with Gasteiger partial charge in [0.15, 0.2) is 0 Å². The van der Waals surface area contributed by atoms with Gasteiger partial charge in [0.05, 0.1) is 24.4 Å². The van der Waals surface area contributed by atoms with E-state index in [1.165, 1.54) is 0 Å². The lowest BCUT2D eigenvalue weighted by molar-refractivity contribution is -0.137. The zero-order valence-corrected chi connectivity index (χ0v) is 15.2. The minimum absolute atomic E-state index is 0.0330. The summed E-state index contributed by atoms with van der Waals surface area (Å²) in [6.07, 6.45) is 3.09. The Bertz CT molecular complexity index is 558. The maximum Gasteiger partial charge on any atom is 0.304 e. The summed E-state index contributed by atoms with van der Waals surface area (Å²) in [4.78, 5) is 13.5. The van der Waals surface area contributed by atoms with Crippen LogP contribution in [-0.4, -0.2) is 50.6 Å². The highest BCUT2D eigenvalue weighted by atomic mass is 16.5. The summed E-state index contributed by atoms with van der Waals surface area (Å²) in [5, 5.41) is 9.12. The summed E-state index contributed by atoms with van der Waals surface area (Å²) >= 11 is 0. The van der Waals surface area contributed by atoms with E-state index in [4.69, 9.17) is 20.3 Å². The number of nitrogen functional groups attached to an aromatic ring is 1. The van der Waals surface area contributed by atoms with Crippen molar-refractivity contribution < 1.29 is 19.4 Å². The van der Waals surface area contributed by atoms with Crippen molar-refractivity contribution in [3.8, 4) is 0 Å². The highest BCUT2D eigenvalue weighted by molar-refractivity contribution is 5.71. The Morgan fingerprint density at radius 1 is 1.44 bits per heavy atom. The van der Waals surface area contributed by atoms with E-state index in [9.17, 15) is 4.79 Å². The van der Waals surface area contributed by atoms with Crippen LogP contribution in [0.25, 0.3) is 0 Å². The fourth-order valence-corrected chi connectivity index (χ4v) is 3.51. The molecule has 0 amide bonds. The van der Waals surface area contributed by atoms with Crippen molar-refractivity contribution in [1.82, 2.24) is 0 Å². The third-order valence-corrected chi connectivity index (χ3v) is 4.72. The number of benzene rings is 1. The molecule has 0 spiro atoms. The molecule has 0 saturated carbocycles. The van der Waals surface area contributed by atoms with E-state index >= 15 is 0 Å². The maximum absolute atomic E-state index is 11.1. The second-order valence-electron chi connectivity index (χ2n) is 6.61. The van der Waals surface area contributed by atoms with Gasteiger partial charge in [-0.25, -0.2) is 0 Å². The number of nitrogens with zero attached hydrogens (tertiary/aromatic N) is 1. The highest BCUT2D eigenvalue weighted by Crippen LogP contribution is 2.32. The van der Waals surface area contributed by atoms with Crippen LogP contribution in [0.15, 0.2) is 18.2 Å². The van der Waals surface area contributed by atoms with Crippen LogP contribution in [0, 0.1) is 0 Å². The van der Waals surface area contributed by atoms with E-state index in [-0.39, 0.29) is 12.3 Å². The average Bonchev–Trinajstić information content (AvgIpc) is 2.60. The van der Waals surface area contributed by atoms with Gasteiger partial charge in [-0.2, -0.15) is 0 Å². The predicted molar refractivity (Wildman–Crippen MR) is 99.2 cm³/mol. The number of hydrogen-bond acceptors (Lipinski definition) is 5. The van der Waals surface area contributed by atoms with Crippen LogP contribution in [0.2, 0.25) is 0 Å². The quantitative estimate of drug-likeness (QED) is 0.666. The number of rotatable bonds is 9. The summed E-state index contributed by atoms with van der Waals surface area (Å²) in [6, 6.07) is 6.36. The van der Waals surface area contributed by atoms with E-state index in [0.29, 0.717) is 18.3 Å². The van der Waals surface area contributed by atoms with Gasteiger partial charge in [-0.3, -0.25) is 4.79 Å². The summed E-state index contributed by atoms with van der Waals surface area (Å²) in [6.45, 7) is 5.06. The number of hydrogen-bond donors (Lipinski definition) is 2. The molecule has 0 aliphatic carbocycles. The number of ether oxygens (including phenoxy) is 2. The molecular weight excluding hydrogens is 320 g/mol. The van der Waals surface area contributed by atoms with Crippen LogP contribution >= 0.6 is 0 Å². The topological polar surface area (TPSA) is 85.0 Å². The van der Waals surface area contributed by atoms with E-state index in [2.05, 4.69) is 11.8 Å². The highest BCUT2D eigenvalue weighted by Gasteiger charge is 2.24. The number of methoxy groups -OCH3 is 1. The van der Waals surface area contributed by atoms with Crippen LogP contribution in [0.3, 0.4) is 0 Å². The van der Waals surface area contributed by atoms with Crippen molar-refractivity contribution in [3.05, 3.63) is 23.8 Å². The Hall–Kier alpha value is -1.79. The van der Waals surface area contributed by atoms with Crippen LogP contribution in [0.5, 0.6) is 0 Å². The predicted octanol–water partition coefficient (Wildman–Crippen LogP) is 2.87. The number of carboxylic acid groups (broad SMARTS) is 1. The molecule has 1 aromatic carbocycles. The molecule has 140 valence electrons. The lowest BCUT2D eigenvalue weighted by Gasteiger charge is -2.37. The molecule has 1 fully saturated rings. The van der Waals surface area contributed by atoms with Crippen LogP contribution in [0.4, 0.5) is 11.4 Å². The first kappa shape index (κ1) is 19.5. The summed E-state index contributed by atoms with van der Waals surface area (Å²) in [7, 11) is 1.58. The van der Waals surface area contributed by atoms with Gasteiger partial charge in [-0.05, 0) is 37.0 Å². The monoisotopic (exact) mass is 350 g/mol. The van der Waals surface area contributed by atoms with Crippen molar-refractivity contribution in [2.45, 2.75) is 44.6 Å². The second kappa shape index (κ2) is 9.63. The van der Waals surface area contributed by atoms with Gasteiger partial charge in [0.25, 0.3) is 0 Å². The first-order valence-corrected chi connectivity index (χ1v) is 9.01. The van der Waals surface area contributed by atoms with Crippen LogP contribution in [0.1, 0.15) is 44.1 Å². The van der Waals surface area contributed by atoms with Gasteiger partial charge in [-0.15, -0.1) is 0 Å². The molecule has 1 heterocycles. The molecule has 0 bridgehead atoms. The molecule has 2 rings (SSSR count). The molecule has 0 aromatic heterocycles. The van der Waals surface area contributed by atoms with E-state index in [1.807, 2.05) is 18.2 Å². The number of aliphatic carboxylic acids is 1. The fraction of sp³-hybridized carbons (Fsp3) is 0.632. The molecule has 1 saturated heterocycles. The third kappa shape index (κ3) is 5.34. The maximum atomic E-state index is 11.1. The minimum Gasteiger partial charge on any atom is -0.481 e. The lowest BCUT2D eigenvalue weighted by Crippen LogP contribution is -2.40. The molecule has 6 heteroatoms. The van der Waals surface area contributed by atoms with E-state index in [1.54, 1.807) is 7.11 Å². The largest absolute Gasteiger partial charge is 0.481 e. The molecule has 6 nitrogen and oxygen atoms in total. The van der Waals surface area contributed by atoms with Crippen molar-refractivity contribution in [3.63, 3.8) is 0 Å². The van der Waals surface area contributed by atoms with E-state index < -0.39 is 5.97 Å². The van der Waals surface area contributed by atoms with Gasteiger partial charge in [0.2, 0.25) is 0 Å². The van der Waals surface area contributed by atoms with Crippen molar-refractivity contribution >= 4 is 17.3 Å². The first-order valence-electron chi connectivity index (χ1n) is 9.01. The van der Waals surface area contributed by atoms with Gasteiger partial charge in [0.1, 0.15) is 0 Å². The number of nitrogens with two attached hydrogens (primary N) is 1. The zero-order chi connectivity index (χ0) is 18.2. The van der Waals surface area contributed by atoms with E-state index in [0.717, 1.165) is 50.3 Å². The van der Waals surface area contributed by atoms with Crippen molar-refractivity contribution in [1.29, 1.82) is 0 Å². The minimum atomic E-state index is -0.834. The Morgan fingerprint density at radius 2 is 2.16 bits per heavy atom. The molecule has 1 unspecified atom stereocenters. The molecule has 1 atom stereocenters. The summed E-state index contributed by atoms with van der Waals surface area (Å²) in [5.74, 6) is -1.03. The smallest absolute Gasteiger partial charge is 0.304 e. The standard InChI is InChI=1S/C19H30N2O4/c1-3-8-21(16-6-9-25-10-7-16)18-5-4-14(11-17(18)20)15(13-24-2)12-19(22)23/h4-5,11,15-16H,3,6-10,12-13,20H2,1-2H3,(H,22,23). The average molecular weight is 350 g/mol. The molecule has 25 heavy (non-hydrogen) atoms. The molecule has 1 aromatic rings. The molecule has 1 aliphatic rings. The van der Waals surface area contributed by atoms with Gasteiger partial charge < -0.3 is 25.2 Å². The SMILES string of the molecule is CCCN(c1ccc(C(COC)CC(=O)O)cc1N)C1CCOCC1. The first-order chi connectivity index (χ1) is 12.1. The number of carbonyl (C=O) groups is 1. The van der Waals surface area contributed by atoms with Gasteiger partial charge >= 0.3 is 5.97 Å². The Balaban J connectivity index is 2.24. The van der Waals surface area contributed by atoms with Crippen LogP contribution < -0.4 is 10.6 Å². The molecule has 1 aliphatic heterocycles. The Kier molecular flexibility index (Phi) is 7.52. The molecule has 3 N–H and O–H groups in total. The second-order valence-corrected chi connectivity index (χ2v) is 6.61. The summed E-state index contributed by atoms with van der Waals surface area (Å²) < 4.78 is 10.7. The van der Waals surface area contributed by atoms with Gasteiger partial charge in [0, 0.05) is 38.8 Å². The molecule has 0 radical (unpaired) electrons. The Morgan fingerprint density at radius 3 is 2.72 bits per heavy atom. The van der Waals surface area contributed by atoms with Crippen LogP contribution in [-0.2, 0) is 14.3 Å².